The van der Waals surface area contributed by atoms with Gasteiger partial charge in [-0.15, -0.1) is 0 Å². The summed E-state index contributed by atoms with van der Waals surface area (Å²) in [5.41, 5.74) is 5.96. The lowest BCUT2D eigenvalue weighted by molar-refractivity contribution is 0.270. The maximum atomic E-state index is 5.96. The smallest absolute Gasteiger partial charge is 0.169 e. The molecule has 18 heavy (non-hydrogen) atoms. The Kier molecular flexibility index (Phi) is 4.28. The van der Waals surface area contributed by atoms with Gasteiger partial charge in [-0.2, -0.15) is 0 Å². The van der Waals surface area contributed by atoms with E-state index in [4.69, 9.17) is 19.6 Å². The summed E-state index contributed by atoms with van der Waals surface area (Å²) in [6.45, 7) is 0.340. The zero-order chi connectivity index (χ0) is 13.0. The van der Waals surface area contributed by atoms with Gasteiger partial charge in [0.15, 0.2) is 4.67 Å². The molecule has 1 unspecified atom stereocenters. The van der Waals surface area contributed by atoms with Crippen molar-refractivity contribution in [3.8, 4) is 11.5 Å². The molecule has 0 aliphatic carbocycles. The summed E-state index contributed by atoms with van der Waals surface area (Å²) in [7, 11) is 1.62. The molecule has 0 bridgehead atoms. The number of halogens is 1. The third-order valence-corrected chi connectivity index (χ3v) is 2.86. The molecule has 96 valence electrons. The van der Waals surface area contributed by atoms with E-state index in [0.717, 1.165) is 11.5 Å². The van der Waals surface area contributed by atoms with Crippen molar-refractivity contribution in [1.29, 1.82) is 0 Å². The van der Waals surface area contributed by atoms with Crippen LogP contribution in [0.1, 0.15) is 11.8 Å². The van der Waals surface area contributed by atoms with Gasteiger partial charge in [0.1, 0.15) is 23.9 Å². The van der Waals surface area contributed by atoms with Crippen LogP contribution >= 0.6 is 15.9 Å². The fourth-order valence-electron chi connectivity index (χ4n) is 1.49. The summed E-state index contributed by atoms with van der Waals surface area (Å²) in [5.74, 6) is 2.15. The standard InChI is InChI=1S/C13H14BrNO3/c1-16-9-3-2-4-10(7-9)17-8-11(15)12-5-6-13(14)18-12/h2-7,11H,8,15H2,1H3. The minimum atomic E-state index is -0.303. The normalized spacial score (nSPS) is 12.2. The van der Waals surface area contributed by atoms with E-state index < -0.39 is 0 Å². The van der Waals surface area contributed by atoms with Crippen molar-refractivity contribution >= 4 is 15.9 Å². The first-order chi connectivity index (χ1) is 8.69. The van der Waals surface area contributed by atoms with Crippen LogP contribution in [0, 0.1) is 0 Å². The van der Waals surface area contributed by atoms with E-state index in [0.29, 0.717) is 17.0 Å². The maximum absolute atomic E-state index is 5.96. The summed E-state index contributed by atoms with van der Waals surface area (Å²) in [4.78, 5) is 0. The number of hydrogen-bond acceptors (Lipinski definition) is 4. The van der Waals surface area contributed by atoms with Crippen LogP contribution in [0.3, 0.4) is 0 Å². The van der Waals surface area contributed by atoms with Gasteiger partial charge in [-0.05, 0) is 40.2 Å². The van der Waals surface area contributed by atoms with Crippen LogP contribution in [-0.2, 0) is 0 Å². The van der Waals surface area contributed by atoms with Gasteiger partial charge < -0.3 is 19.6 Å². The molecule has 0 fully saturated rings. The number of nitrogens with two attached hydrogens (primary N) is 1. The molecule has 0 aliphatic rings. The lowest BCUT2D eigenvalue weighted by Gasteiger charge is -2.11. The summed E-state index contributed by atoms with van der Waals surface area (Å²) in [6.07, 6.45) is 0. The highest BCUT2D eigenvalue weighted by Crippen LogP contribution is 2.22. The van der Waals surface area contributed by atoms with Crippen molar-refractivity contribution in [1.82, 2.24) is 0 Å². The van der Waals surface area contributed by atoms with Gasteiger partial charge in [0.25, 0.3) is 0 Å². The molecule has 0 aliphatic heterocycles. The van der Waals surface area contributed by atoms with E-state index in [-0.39, 0.29) is 6.04 Å². The minimum absolute atomic E-state index is 0.303. The number of hydrogen-bond donors (Lipinski definition) is 1. The predicted molar refractivity (Wildman–Crippen MR) is 71.8 cm³/mol. The summed E-state index contributed by atoms with van der Waals surface area (Å²) in [5, 5.41) is 0. The van der Waals surface area contributed by atoms with Crippen molar-refractivity contribution in [2.45, 2.75) is 6.04 Å². The zero-order valence-corrected chi connectivity index (χ0v) is 11.5. The Balaban J connectivity index is 1.94. The van der Waals surface area contributed by atoms with Crippen molar-refractivity contribution < 1.29 is 13.9 Å². The van der Waals surface area contributed by atoms with Crippen LogP contribution in [0.2, 0.25) is 0 Å². The fourth-order valence-corrected chi connectivity index (χ4v) is 1.81. The molecule has 2 aromatic rings. The first-order valence-corrected chi connectivity index (χ1v) is 6.26. The second-order valence-electron chi connectivity index (χ2n) is 3.74. The number of furan rings is 1. The fraction of sp³-hybridized carbons (Fsp3) is 0.231. The van der Waals surface area contributed by atoms with Crippen LogP contribution in [0.4, 0.5) is 0 Å². The van der Waals surface area contributed by atoms with E-state index in [1.807, 2.05) is 30.3 Å². The van der Waals surface area contributed by atoms with E-state index >= 15 is 0 Å². The van der Waals surface area contributed by atoms with Crippen molar-refractivity contribution in [3.05, 3.63) is 46.8 Å². The topological polar surface area (TPSA) is 57.6 Å². The molecule has 2 rings (SSSR count). The van der Waals surface area contributed by atoms with Gasteiger partial charge in [0, 0.05) is 6.07 Å². The highest BCUT2D eigenvalue weighted by molar-refractivity contribution is 9.10. The lowest BCUT2D eigenvalue weighted by Crippen LogP contribution is -2.18. The Labute approximate surface area is 114 Å². The number of benzene rings is 1. The Hall–Kier alpha value is -1.46. The first kappa shape index (κ1) is 13.0. The molecule has 0 spiro atoms. The monoisotopic (exact) mass is 311 g/mol. The average Bonchev–Trinajstić information content (AvgIpc) is 2.83. The van der Waals surface area contributed by atoms with E-state index in [9.17, 15) is 0 Å². The minimum Gasteiger partial charge on any atom is -0.497 e. The van der Waals surface area contributed by atoms with Gasteiger partial charge >= 0.3 is 0 Å². The molecule has 2 N–H and O–H groups in total. The molecule has 0 radical (unpaired) electrons. The van der Waals surface area contributed by atoms with Gasteiger partial charge in [-0.1, -0.05) is 6.07 Å². The second kappa shape index (κ2) is 5.93. The second-order valence-corrected chi connectivity index (χ2v) is 4.52. The molecule has 1 aromatic heterocycles. The Morgan fingerprint density at radius 1 is 1.28 bits per heavy atom. The largest absolute Gasteiger partial charge is 0.497 e. The molecule has 4 nitrogen and oxygen atoms in total. The number of rotatable bonds is 5. The van der Waals surface area contributed by atoms with Crippen LogP contribution in [0.25, 0.3) is 0 Å². The molecular weight excluding hydrogens is 298 g/mol. The molecule has 1 aromatic carbocycles. The van der Waals surface area contributed by atoms with E-state index in [1.54, 1.807) is 13.2 Å². The molecule has 5 heteroatoms. The van der Waals surface area contributed by atoms with Gasteiger partial charge in [-0.3, -0.25) is 0 Å². The molecule has 0 saturated carbocycles. The summed E-state index contributed by atoms with van der Waals surface area (Å²) in [6, 6.07) is 10.7. The predicted octanol–water partition coefficient (Wildman–Crippen LogP) is 3.13. The van der Waals surface area contributed by atoms with E-state index in [1.165, 1.54) is 0 Å². The van der Waals surface area contributed by atoms with E-state index in [2.05, 4.69) is 15.9 Å². The van der Waals surface area contributed by atoms with Crippen LogP contribution in [0.5, 0.6) is 11.5 Å². The third kappa shape index (κ3) is 3.27. The SMILES string of the molecule is COc1cccc(OCC(N)c2ccc(Br)o2)c1. The lowest BCUT2D eigenvalue weighted by atomic mass is 10.2. The Morgan fingerprint density at radius 3 is 2.72 bits per heavy atom. The quantitative estimate of drug-likeness (QED) is 0.921. The van der Waals surface area contributed by atoms with Crippen LogP contribution in [-0.4, -0.2) is 13.7 Å². The van der Waals surface area contributed by atoms with Gasteiger partial charge in [0.05, 0.1) is 13.2 Å². The highest BCUT2D eigenvalue weighted by Gasteiger charge is 2.11. The number of ether oxygens (including phenoxy) is 2. The summed E-state index contributed by atoms with van der Waals surface area (Å²) < 4.78 is 16.7. The Morgan fingerprint density at radius 2 is 2.06 bits per heavy atom. The summed E-state index contributed by atoms with van der Waals surface area (Å²) >= 11 is 3.24. The zero-order valence-electron chi connectivity index (χ0n) is 9.93. The molecule has 0 amide bonds. The molecular formula is C13H14BrNO3. The van der Waals surface area contributed by atoms with Crippen molar-refractivity contribution in [2.75, 3.05) is 13.7 Å². The van der Waals surface area contributed by atoms with Crippen molar-refractivity contribution in [2.24, 2.45) is 5.73 Å². The molecule has 1 heterocycles. The van der Waals surface area contributed by atoms with Crippen LogP contribution < -0.4 is 15.2 Å². The third-order valence-electron chi connectivity index (χ3n) is 2.43. The van der Waals surface area contributed by atoms with Crippen molar-refractivity contribution in [3.63, 3.8) is 0 Å². The highest BCUT2D eigenvalue weighted by atomic mass is 79.9. The first-order valence-electron chi connectivity index (χ1n) is 5.46. The molecule has 1 atom stereocenters. The van der Waals surface area contributed by atoms with Crippen LogP contribution in [0.15, 0.2) is 45.5 Å². The average molecular weight is 312 g/mol. The Bertz CT molecular complexity index is 512. The van der Waals surface area contributed by atoms with Gasteiger partial charge in [0.2, 0.25) is 0 Å². The maximum Gasteiger partial charge on any atom is 0.169 e. The molecule has 0 saturated heterocycles. The number of methoxy groups -OCH3 is 1. The van der Waals surface area contributed by atoms with Gasteiger partial charge in [-0.25, -0.2) is 0 Å².